The van der Waals surface area contributed by atoms with Crippen molar-refractivity contribution in [2.45, 2.75) is 19.8 Å². The monoisotopic (exact) mass is 515 g/mol. The number of anilines is 1. The van der Waals surface area contributed by atoms with Crippen LogP contribution < -0.4 is 10.1 Å². The summed E-state index contributed by atoms with van der Waals surface area (Å²) in [6.07, 6.45) is 0.486. The molecule has 0 unspecified atom stereocenters. The lowest BCUT2D eigenvalue weighted by molar-refractivity contribution is -0.142. The number of esters is 1. The fourth-order valence-electron chi connectivity index (χ4n) is 3.87. The molecular weight excluding hydrogens is 486 g/mol. The molecule has 7 heteroatoms. The van der Waals surface area contributed by atoms with Gasteiger partial charge < -0.3 is 19.5 Å². The average molecular weight is 516 g/mol. The van der Waals surface area contributed by atoms with Gasteiger partial charge in [0.1, 0.15) is 5.75 Å². The number of ether oxygens (including phenoxy) is 3. The van der Waals surface area contributed by atoms with E-state index in [1.165, 1.54) is 11.3 Å². The third-order valence-corrected chi connectivity index (χ3v) is 6.50. The van der Waals surface area contributed by atoms with Gasteiger partial charge in [-0.25, -0.2) is 0 Å². The van der Waals surface area contributed by atoms with Crippen molar-refractivity contribution in [3.63, 3.8) is 0 Å². The number of methoxy groups -OCH3 is 1. The molecule has 4 aromatic rings. The number of carbonyl (C=O) groups excluding carboxylic acids is 2. The SMILES string of the molecule is CCOC(=O)Cc1ccc(CC(=O)Nc2cc(-c3ccc(-c4ccccc4OCOC)cc3)cs2)cc1. The molecule has 0 aliphatic carbocycles. The Balaban J connectivity index is 1.35. The minimum Gasteiger partial charge on any atom is -0.467 e. The molecule has 0 saturated heterocycles. The van der Waals surface area contributed by atoms with E-state index in [9.17, 15) is 9.59 Å². The van der Waals surface area contributed by atoms with Crippen LogP contribution in [0.5, 0.6) is 5.75 Å². The van der Waals surface area contributed by atoms with Crippen LogP contribution in [0.25, 0.3) is 22.3 Å². The van der Waals surface area contributed by atoms with Gasteiger partial charge in [0, 0.05) is 18.1 Å². The number of rotatable bonds is 11. The van der Waals surface area contributed by atoms with E-state index >= 15 is 0 Å². The van der Waals surface area contributed by atoms with Gasteiger partial charge in [-0.3, -0.25) is 9.59 Å². The summed E-state index contributed by atoms with van der Waals surface area (Å²) in [5.74, 6) is 0.429. The number of benzene rings is 3. The summed E-state index contributed by atoms with van der Waals surface area (Å²) in [6.45, 7) is 2.35. The zero-order valence-corrected chi connectivity index (χ0v) is 21.7. The number of hydrogen-bond donors (Lipinski definition) is 1. The molecule has 0 bridgehead atoms. The topological polar surface area (TPSA) is 73.9 Å². The van der Waals surface area contributed by atoms with E-state index in [2.05, 4.69) is 29.6 Å². The third kappa shape index (κ3) is 7.29. The van der Waals surface area contributed by atoms with Gasteiger partial charge >= 0.3 is 5.97 Å². The van der Waals surface area contributed by atoms with Crippen molar-refractivity contribution in [3.8, 4) is 28.0 Å². The molecule has 0 aliphatic heterocycles. The van der Waals surface area contributed by atoms with E-state index in [1.807, 2.05) is 60.0 Å². The summed E-state index contributed by atoms with van der Waals surface area (Å²) >= 11 is 1.49. The zero-order chi connectivity index (χ0) is 26.0. The first kappa shape index (κ1) is 26.1. The number of hydrogen-bond acceptors (Lipinski definition) is 6. The highest BCUT2D eigenvalue weighted by Gasteiger charge is 2.10. The molecule has 0 fully saturated rings. The second-order valence-electron chi connectivity index (χ2n) is 8.35. The summed E-state index contributed by atoms with van der Waals surface area (Å²) in [5.41, 5.74) is 5.90. The van der Waals surface area contributed by atoms with Gasteiger partial charge in [-0.05, 0) is 46.9 Å². The van der Waals surface area contributed by atoms with E-state index in [-0.39, 0.29) is 31.5 Å². The third-order valence-electron chi connectivity index (χ3n) is 5.65. The Labute approximate surface area is 220 Å². The molecule has 1 amide bonds. The number of amides is 1. The molecule has 1 heterocycles. The molecule has 1 N–H and O–H groups in total. The van der Waals surface area contributed by atoms with Crippen molar-refractivity contribution < 1.29 is 23.8 Å². The van der Waals surface area contributed by atoms with Gasteiger partial charge in [0.05, 0.1) is 24.4 Å². The molecule has 1 aromatic heterocycles. The molecule has 0 saturated carbocycles. The van der Waals surface area contributed by atoms with E-state index < -0.39 is 0 Å². The molecule has 0 aliphatic rings. The molecular formula is C30H29NO5S. The second kappa shape index (κ2) is 12.9. The van der Waals surface area contributed by atoms with Crippen LogP contribution in [0.1, 0.15) is 18.1 Å². The minimum atomic E-state index is -0.253. The van der Waals surface area contributed by atoms with E-state index in [0.29, 0.717) is 6.61 Å². The van der Waals surface area contributed by atoms with Gasteiger partial charge in [0.25, 0.3) is 0 Å². The van der Waals surface area contributed by atoms with Crippen molar-refractivity contribution in [2.24, 2.45) is 0 Å². The summed E-state index contributed by atoms with van der Waals surface area (Å²) < 4.78 is 15.7. The maximum atomic E-state index is 12.6. The Morgan fingerprint density at radius 2 is 1.51 bits per heavy atom. The molecule has 0 atom stereocenters. The van der Waals surface area contributed by atoms with Crippen molar-refractivity contribution in [1.29, 1.82) is 0 Å². The smallest absolute Gasteiger partial charge is 0.310 e. The second-order valence-corrected chi connectivity index (χ2v) is 9.26. The predicted octanol–water partition coefficient (Wildman–Crippen LogP) is 6.35. The van der Waals surface area contributed by atoms with Crippen LogP contribution in [0.15, 0.2) is 84.2 Å². The minimum absolute atomic E-state index is 0.0884. The Bertz CT molecular complexity index is 1330. The van der Waals surface area contributed by atoms with Gasteiger partial charge in [-0.15, -0.1) is 11.3 Å². The highest BCUT2D eigenvalue weighted by molar-refractivity contribution is 7.14. The standard InChI is InChI=1S/C30H29NO5S/c1-3-35-30(33)17-22-10-8-21(9-11-22)16-28(32)31-29-18-25(19-37-29)23-12-14-24(15-13-23)26-6-4-5-7-27(26)36-20-34-2/h4-15,18-19H,3,16-17,20H2,1-2H3,(H,31,32). The quantitative estimate of drug-likeness (QED) is 0.186. The number of para-hydroxylation sites is 1. The van der Waals surface area contributed by atoms with Crippen LogP contribution in [0.2, 0.25) is 0 Å². The van der Waals surface area contributed by atoms with E-state index in [0.717, 1.165) is 44.1 Å². The van der Waals surface area contributed by atoms with Crippen LogP contribution >= 0.6 is 11.3 Å². The fraction of sp³-hybridized carbons (Fsp3) is 0.200. The number of nitrogens with one attached hydrogen (secondary N) is 1. The van der Waals surface area contributed by atoms with Crippen LogP contribution in [0.3, 0.4) is 0 Å². The number of carbonyl (C=O) groups is 2. The maximum Gasteiger partial charge on any atom is 0.310 e. The Morgan fingerprint density at radius 3 is 2.22 bits per heavy atom. The maximum absolute atomic E-state index is 12.6. The predicted molar refractivity (Wildman–Crippen MR) is 147 cm³/mol. The highest BCUT2D eigenvalue weighted by atomic mass is 32.1. The Morgan fingerprint density at radius 1 is 0.838 bits per heavy atom. The fourth-order valence-corrected chi connectivity index (χ4v) is 4.70. The molecule has 0 spiro atoms. The normalized spacial score (nSPS) is 10.6. The Hall–Kier alpha value is -3.94. The van der Waals surface area contributed by atoms with Gasteiger partial charge in [-0.2, -0.15) is 0 Å². The molecule has 190 valence electrons. The number of thiophene rings is 1. The van der Waals surface area contributed by atoms with E-state index in [4.69, 9.17) is 14.2 Å². The van der Waals surface area contributed by atoms with Crippen LogP contribution in [-0.2, 0) is 31.9 Å². The van der Waals surface area contributed by atoms with Crippen molar-refractivity contribution in [3.05, 3.63) is 95.4 Å². The summed E-state index contributed by atoms with van der Waals surface area (Å²) in [4.78, 5) is 24.2. The highest BCUT2D eigenvalue weighted by Crippen LogP contribution is 2.33. The van der Waals surface area contributed by atoms with E-state index in [1.54, 1.807) is 14.0 Å². The summed E-state index contributed by atoms with van der Waals surface area (Å²) in [6, 6.07) is 25.5. The van der Waals surface area contributed by atoms with Crippen LogP contribution in [0, 0.1) is 0 Å². The van der Waals surface area contributed by atoms with Crippen LogP contribution in [0.4, 0.5) is 5.00 Å². The lowest BCUT2D eigenvalue weighted by Crippen LogP contribution is -2.13. The average Bonchev–Trinajstić information content (AvgIpc) is 3.37. The molecule has 0 radical (unpaired) electrons. The van der Waals surface area contributed by atoms with Gasteiger partial charge in [-0.1, -0.05) is 66.7 Å². The molecule has 3 aromatic carbocycles. The largest absolute Gasteiger partial charge is 0.467 e. The molecule has 6 nitrogen and oxygen atoms in total. The van der Waals surface area contributed by atoms with Crippen molar-refractivity contribution >= 4 is 28.2 Å². The Kier molecular flexibility index (Phi) is 9.08. The molecule has 37 heavy (non-hydrogen) atoms. The summed E-state index contributed by atoms with van der Waals surface area (Å²) in [7, 11) is 1.60. The molecule has 4 rings (SSSR count). The van der Waals surface area contributed by atoms with Gasteiger partial charge in [0.2, 0.25) is 5.91 Å². The van der Waals surface area contributed by atoms with Crippen molar-refractivity contribution in [2.75, 3.05) is 25.8 Å². The summed E-state index contributed by atoms with van der Waals surface area (Å²) in [5, 5.41) is 5.81. The van der Waals surface area contributed by atoms with Crippen molar-refractivity contribution in [1.82, 2.24) is 0 Å². The zero-order valence-electron chi connectivity index (χ0n) is 20.9. The first-order chi connectivity index (χ1) is 18.1. The van der Waals surface area contributed by atoms with Gasteiger partial charge in [0.15, 0.2) is 6.79 Å². The first-order valence-corrected chi connectivity index (χ1v) is 12.9. The lowest BCUT2D eigenvalue weighted by atomic mass is 10.0. The first-order valence-electron chi connectivity index (χ1n) is 12.0. The van der Waals surface area contributed by atoms with Crippen LogP contribution in [-0.4, -0.2) is 32.4 Å². The lowest BCUT2D eigenvalue weighted by Gasteiger charge is -2.11.